The highest BCUT2D eigenvalue weighted by molar-refractivity contribution is 5.54. The predicted molar refractivity (Wildman–Crippen MR) is 73.4 cm³/mol. The average Bonchev–Trinajstić information content (AvgIpc) is 3.26. The van der Waals surface area contributed by atoms with Gasteiger partial charge in [0, 0.05) is 6.07 Å². The van der Waals surface area contributed by atoms with Gasteiger partial charge in [0.1, 0.15) is 5.75 Å². The van der Waals surface area contributed by atoms with Gasteiger partial charge in [-0.3, -0.25) is 0 Å². The van der Waals surface area contributed by atoms with Crippen molar-refractivity contribution in [1.29, 1.82) is 0 Å². The van der Waals surface area contributed by atoms with Gasteiger partial charge in [-0.05, 0) is 42.5 Å². The van der Waals surface area contributed by atoms with Crippen LogP contribution in [0.5, 0.6) is 11.6 Å². The molecule has 0 saturated heterocycles. The minimum absolute atomic E-state index is 0.519. The number of aromatic nitrogens is 1. The van der Waals surface area contributed by atoms with Gasteiger partial charge in [0.2, 0.25) is 5.88 Å². The Morgan fingerprint density at radius 1 is 1.26 bits per heavy atom. The lowest BCUT2D eigenvalue weighted by Gasteiger charge is -2.10. The fourth-order valence-electron chi connectivity index (χ4n) is 1.98. The van der Waals surface area contributed by atoms with E-state index >= 15 is 0 Å². The second-order valence-electron chi connectivity index (χ2n) is 4.64. The summed E-state index contributed by atoms with van der Waals surface area (Å²) in [4.78, 5) is 7.59. The summed E-state index contributed by atoms with van der Waals surface area (Å²) in [7, 11) is 0. The lowest BCUT2D eigenvalue weighted by Crippen LogP contribution is -1.93. The van der Waals surface area contributed by atoms with Crippen molar-refractivity contribution in [3.63, 3.8) is 0 Å². The number of anilines is 1. The van der Waals surface area contributed by atoms with Crippen molar-refractivity contribution in [2.24, 2.45) is 0 Å². The zero-order valence-corrected chi connectivity index (χ0v) is 10.3. The molecule has 0 unspecified atom stereocenters. The number of hydrogen-bond acceptors (Lipinski definition) is 3. The molecule has 0 bridgehead atoms. The molecule has 0 amide bonds. The van der Waals surface area contributed by atoms with Gasteiger partial charge >= 0.3 is 0 Å². The molecule has 0 spiro atoms. The summed E-state index contributed by atoms with van der Waals surface area (Å²) in [5.74, 6) is 1.82. The third kappa shape index (κ3) is 2.50. The largest absolute Gasteiger partial charge is 0.439 e. The molecule has 94 valence electrons. The van der Waals surface area contributed by atoms with Gasteiger partial charge in [0.25, 0.3) is 0 Å². The molecule has 0 atom stereocenters. The lowest BCUT2D eigenvalue weighted by atomic mass is 10.1. The first kappa shape index (κ1) is 11.5. The Morgan fingerprint density at radius 2 is 2.11 bits per heavy atom. The number of nitrogen functional groups attached to an aromatic ring is 1. The molecule has 1 saturated carbocycles. The molecule has 1 fully saturated rings. The average molecular weight is 251 g/mol. The monoisotopic (exact) mass is 251 g/mol. The molecule has 0 aliphatic heterocycles. The number of rotatable bonds is 3. The van der Waals surface area contributed by atoms with Gasteiger partial charge in [-0.25, -0.2) is 9.83 Å². The predicted octanol–water partition coefficient (Wildman–Crippen LogP) is 3.88. The van der Waals surface area contributed by atoms with Crippen LogP contribution in [0.15, 0.2) is 36.5 Å². The van der Waals surface area contributed by atoms with Crippen LogP contribution < -0.4 is 10.5 Å². The summed E-state index contributed by atoms with van der Waals surface area (Å²) >= 11 is 0. The van der Waals surface area contributed by atoms with Crippen LogP contribution in [0.25, 0.3) is 4.85 Å². The van der Waals surface area contributed by atoms with E-state index in [4.69, 9.17) is 17.0 Å². The maximum atomic E-state index is 7.07. The van der Waals surface area contributed by atoms with Crippen molar-refractivity contribution in [3.05, 3.63) is 53.5 Å². The lowest BCUT2D eigenvalue weighted by molar-refractivity contribution is 0.457. The Bertz CT molecular complexity index is 639. The summed E-state index contributed by atoms with van der Waals surface area (Å²) in [6.45, 7) is 7.07. The zero-order chi connectivity index (χ0) is 13.2. The van der Waals surface area contributed by atoms with Crippen LogP contribution in [-0.4, -0.2) is 4.98 Å². The Morgan fingerprint density at radius 3 is 2.74 bits per heavy atom. The Labute approximate surface area is 111 Å². The zero-order valence-electron chi connectivity index (χ0n) is 10.3. The van der Waals surface area contributed by atoms with Gasteiger partial charge in [-0.2, -0.15) is 0 Å². The van der Waals surface area contributed by atoms with Gasteiger partial charge < -0.3 is 10.5 Å². The number of ether oxygens (including phenoxy) is 1. The molecule has 1 aromatic heterocycles. The molecule has 4 heteroatoms. The molecule has 1 heterocycles. The minimum Gasteiger partial charge on any atom is -0.439 e. The maximum Gasteiger partial charge on any atom is 0.219 e. The second kappa shape index (κ2) is 4.62. The summed E-state index contributed by atoms with van der Waals surface area (Å²) in [6, 6.07) is 9.03. The van der Waals surface area contributed by atoms with Crippen LogP contribution in [0, 0.1) is 6.57 Å². The summed E-state index contributed by atoms with van der Waals surface area (Å²) in [6.07, 6.45) is 3.89. The minimum atomic E-state index is 0.519. The molecule has 1 aliphatic rings. The Hall–Kier alpha value is -2.54. The molecule has 1 aromatic carbocycles. The standard InChI is InChI=1S/C15H13N3O/c1-17-12-5-6-14(13(8-12)10-2-3-10)19-15-7-4-11(16)9-18-15/h4-10H,2-3,16H2. The Balaban J connectivity index is 1.92. The van der Waals surface area contributed by atoms with Gasteiger partial charge in [0.15, 0.2) is 5.69 Å². The third-order valence-corrected chi connectivity index (χ3v) is 3.11. The molecule has 3 rings (SSSR count). The molecule has 0 radical (unpaired) electrons. The molecule has 2 aromatic rings. The summed E-state index contributed by atoms with van der Waals surface area (Å²) < 4.78 is 5.80. The van der Waals surface area contributed by atoms with Crippen LogP contribution in [0.2, 0.25) is 0 Å². The van der Waals surface area contributed by atoms with E-state index in [9.17, 15) is 0 Å². The topological polar surface area (TPSA) is 52.5 Å². The van der Waals surface area contributed by atoms with E-state index < -0.39 is 0 Å². The molecular weight excluding hydrogens is 238 g/mol. The van der Waals surface area contributed by atoms with Crippen molar-refractivity contribution in [3.8, 4) is 11.6 Å². The number of pyridine rings is 1. The van der Waals surface area contributed by atoms with E-state index in [1.807, 2.05) is 12.1 Å². The third-order valence-electron chi connectivity index (χ3n) is 3.11. The second-order valence-corrected chi connectivity index (χ2v) is 4.64. The highest BCUT2D eigenvalue weighted by Gasteiger charge is 2.27. The summed E-state index contributed by atoms with van der Waals surface area (Å²) in [5, 5.41) is 0. The smallest absolute Gasteiger partial charge is 0.219 e. The first-order valence-electron chi connectivity index (χ1n) is 6.17. The number of benzene rings is 1. The maximum absolute atomic E-state index is 7.07. The van der Waals surface area contributed by atoms with Crippen LogP contribution in [0.3, 0.4) is 0 Å². The van der Waals surface area contributed by atoms with Crippen LogP contribution in [-0.2, 0) is 0 Å². The molecule has 4 nitrogen and oxygen atoms in total. The fourth-order valence-corrected chi connectivity index (χ4v) is 1.98. The van der Waals surface area contributed by atoms with E-state index in [1.54, 1.807) is 24.4 Å². The van der Waals surface area contributed by atoms with Crippen molar-refractivity contribution in [2.45, 2.75) is 18.8 Å². The van der Waals surface area contributed by atoms with Crippen LogP contribution in [0.4, 0.5) is 11.4 Å². The van der Waals surface area contributed by atoms with Crippen molar-refractivity contribution >= 4 is 11.4 Å². The first-order valence-corrected chi connectivity index (χ1v) is 6.17. The van der Waals surface area contributed by atoms with E-state index in [1.165, 1.54) is 0 Å². The summed E-state index contributed by atoms with van der Waals surface area (Å²) in [5.41, 5.74) is 7.96. The van der Waals surface area contributed by atoms with Gasteiger partial charge in [0.05, 0.1) is 18.5 Å². The molecule has 2 N–H and O–H groups in total. The van der Waals surface area contributed by atoms with E-state index in [0.717, 1.165) is 24.2 Å². The first-order chi connectivity index (χ1) is 9.26. The van der Waals surface area contributed by atoms with Crippen molar-refractivity contribution in [1.82, 2.24) is 4.98 Å². The molecule has 1 aliphatic carbocycles. The number of hydrogen-bond donors (Lipinski definition) is 1. The van der Waals surface area contributed by atoms with E-state index in [-0.39, 0.29) is 0 Å². The molecular formula is C15H13N3O. The number of nitrogens with zero attached hydrogens (tertiary/aromatic N) is 2. The Kier molecular flexibility index (Phi) is 2.81. The van der Waals surface area contributed by atoms with Crippen LogP contribution in [0.1, 0.15) is 24.3 Å². The van der Waals surface area contributed by atoms with Gasteiger partial charge in [-0.15, -0.1) is 0 Å². The van der Waals surface area contributed by atoms with E-state index in [2.05, 4.69) is 9.83 Å². The van der Waals surface area contributed by atoms with E-state index in [0.29, 0.717) is 23.2 Å². The van der Waals surface area contributed by atoms with Crippen molar-refractivity contribution < 1.29 is 4.74 Å². The highest BCUT2D eigenvalue weighted by Crippen LogP contribution is 2.46. The van der Waals surface area contributed by atoms with Crippen molar-refractivity contribution in [2.75, 3.05) is 5.73 Å². The highest BCUT2D eigenvalue weighted by atomic mass is 16.5. The molecule has 19 heavy (non-hydrogen) atoms. The normalized spacial score (nSPS) is 13.8. The quantitative estimate of drug-likeness (QED) is 0.842. The van der Waals surface area contributed by atoms with Gasteiger partial charge in [-0.1, -0.05) is 6.07 Å². The fraction of sp³-hybridized carbons (Fsp3) is 0.200. The van der Waals surface area contributed by atoms with Crippen LogP contribution >= 0.6 is 0 Å². The number of nitrogens with two attached hydrogens (primary N) is 1. The SMILES string of the molecule is [C-]#[N+]c1ccc(Oc2ccc(N)cn2)c(C2CC2)c1.